The fraction of sp³-hybridized carbons (Fsp3) is 0.400. The molecule has 0 unspecified atom stereocenters. The third-order valence-electron chi connectivity index (χ3n) is 1.74. The van der Waals surface area contributed by atoms with E-state index in [4.69, 9.17) is 9.84 Å². The Balaban J connectivity index is 2.80. The topological polar surface area (TPSA) is 59.4 Å². The average Bonchev–Trinajstić information content (AvgIpc) is 2.14. The number of hydrogen-bond acceptors (Lipinski definition) is 3. The molecule has 1 aromatic heterocycles. The van der Waals surface area contributed by atoms with Crippen LogP contribution in [0.4, 0.5) is 8.78 Å². The second kappa shape index (κ2) is 4.42. The molecule has 1 heterocycles. The molecular weight excluding hydrogens is 220 g/mol. The van der Waals surface area contributed by atoms with E-state index in [0.29, 0.717) is 0 Å². The van der Waals surface area contributed by atoms with Crippen LogP contribution >= 0.6 is 0 Å². The number of aromatic nitrogens is 1. The summed E-state index contributed by atoms with van der Waals surface area (Å²) in [5, 5.41) is 8.64. The summed E-state index contributed by atoms with van der Waals surface area (Å²) in [7, 11) is 0. The van der Waals surface area contributed by atoms with E-state index in [0.717, 1.165) is 6.92 Å². The molecule has 0 aliphatic carbocycles. The average molecular weight is 231 g/mol. The number of aryl methyl sites for hydroxylation is 1. The highest BCUT2D eigenvalue weighted by Crippen LogP contribution is 2.19. The third kappa shape index (κ3) is 3.45. The lowest BCUT2D eigenvalue weighted by Crippen LogP contribution is -2.21. The van der Waals surface area contributed by atoms with E-state index in [1.165, 1.54) is 19.1 Å². The van der Waals surface area contributed by atoms with Gasteiger partial charge in [-0.1, -0.05) is 0 Å². The molecule has 0 saturated carbocycles. The highest BCUT2D eigenvalue weighted by molar-refractivity contribution is 5.85. The number of nitrogens with zero attached hydrogens (tertiary/aromatic N) is 1. The van der Waals surface area contributed by atoms with Crippen molar-refractivity contribution in [1.29, 1.82) is 0 Å². The van der Waals surface area contributed by atoms with Gasteiger partial charge >= 0.3 is 5.97 Å². The van der Waals surface area contributed by atoms with E-state index in [1.54, 1.807) is 0 Å². The Kier molecular flexibility index (Phi) is 3.41. The van der Waals surface area contributed by atoms with Gasteiger partial charge in [-0.3, -0.25) is 0 Å². The third-order valence-corrected chi connectivity index (χ3v) is 1.74. The van der Waals surface area contributed by atoms with E-state index in [2.05, 4.69) is 4.98 Å². The lowest BCUT2D eigenvalue weighted by Gasteiger charge is -2.13. The standard InChI is InChI=1S/C10H11F2NO3/c1-6-8(16-5-10(2,11)12)4-3-7(13-6)9(14)15/h3-4H,5H2,1-2H3,(H,14,15). The van der Waals surface area contributed by atoms with Crippen LogP contribution in [0.3, 0.4) is 0 Å². The van der Waals surface area contributed by atoms with E-state index in [9.17, 15) is 13.6 Å². The number of ether oxygens (including phenoxy) is 1. The fourth-order valence-electron chi connectivity index (χ4n) is 1.02. The quantitative estimate of drug-likeness (QED) is 0.862. The van der Waals surface area contributed by atoms with Gasteiger partial charge in [0.1, 0.15) is 11.4 Å². The molecule has 0 bridgehead atoms. The zero-order chi connectivity index (χ0) is 12.3. The predicted octanol–water partition coefficient (Wildman–Crippen LogP) is 2.12. The molecule has 0 aliphatic rings. The van der Waals surface area contributed by atoms with Crippen LogP contribution in [0.15, 0.2) is 12.1 Å². The Morgan fingerprint density at radius 3 is 2.62 bits per heavy atom. The first kappa shape index (κ1) is 12.4. The summed E-state index contributed by atoms with van der Waals surface area (Å²) in [5.74, 6) is -3.94. The molecule has 0 spiro atoms. The van der Waals surface area contributed by atoms with Crippen LogP contribution in [0.25, 0.3) is 0 Å². The molecule has 0 aliphatic heterocycles. The molecule has 1 N–H and O–H groups in total. The van der Waals surface area contributed by atoms with Crippen molar-refractivity contribution >= 4 is 5.97 Å². The minimum absolute atomic E-state index is 0.145. The highest BCUT2D eigenvalue weighted by Gasteiger charge is 2.22. The number of pyridine rings is 1. The Morgan fingerprint density at radius 1 is 1.56 bits per heavy atom. The van der Waals surface area contributed by atoms with Crippen molar-refractivity contribution in [2.24, 2.45) is 0 Å². The largest absolute Gasteiger partial charge is 0.485 e. The van der Waals surface area contributed by atoms with Gasteiger partial charge in [-0.15, -0.1) is 0 Å². The molecule has 0 amide bonds. The molecule has 6 heteroatoms. The summed E-state index contributed by atoms with van der Waals surface area (Å²) in [4.78, 5) is 14.3. The Bertz CT molecular complexity index is 402. The number of alkyl halides is 2. The smallest absolute Gasteiger partial charge is 0.354 e. The van der Waals surface area contributed by atoms with Crippen LogP contribution in [0.2, 0.25) is 0 Å². The van der Waals surface area contributed by atoms with E-state index >= 15 is 0 Å². The number of rotatable bonds is 4. The summed E-state index contributed by atoms with van der Waals surface area (Å²) in [6, 6.07) is 2.52. The molecule has 0 saturated heterocycles. The van der Waals surface area contributed by atoms with Gasteiger partial charge in [-0.05, 0) is 19.1 Å². The minimum atomic E-state index is -2.93. The van der Waals surface area contributed by atoms with Gasteiger partial charge < -0.3 is 9.84 Å². The molecule has 1 aromatic rings. The molecule has 16 heavy (non-hydrogen) atoms. The van der Waals surface area contributed by atoms with Crippen molar-refractivity contribution in [3.05, 3.63) is 23.5 Å². The SMILES string of the molecule is Cc1nc(C(=O)O)ccc1OCC(C)(F)F. The first-order chi connectivity index (χ1) is 7.29. The van der Waals surface area contributed by atoms with E-state index in [-0.39, 0.29) is 17.1 Å². The van der Waals surface area contributed by atoms with E-state index in [1.807, 2.05) is 0 Å². The first-order valence-corrected chi connectivity index (χ1v) is 4.51. The highest BCUT2D eigenvalue weighted by atomic mass is 19.3. The van der Waals surface area contributed by atoms with Crippen molar-refractivity contribution in [2.45, 2.75) is 19.8 Å². The van der Waals surface area contributed by atoms with Crippen LogP contribution < -0.4 is 4.74 Å². The number of hydrogen-bond donors (Lipinski definition) is 1. The zero-order valence-electron chi connectivity index (χ0n) is 8.83. The lowest BCUT2D eigenvalue weighted by atomic mass is 10.3. The summed E-state index contributed by atoms with van der Waals surface area (Å²) in [6.07, 6.45) is 0. The summed E-state index contributed by atoms with van der Waals surface area (Å²) < 4.78 is 29.8. The Hall–Kier alpha value is -1.72. The van der Waals surface area contributed by atoms with Gasteiger partial charge in [0.05, 0.1) is 5.69 Å². The number of carbonyl (C=O) groups is 1. The predicted molar refractivity (Wildman–Crippen MR) is 52.0 cm³/mol. The lowest BCUT2D eigenvalue weighted by molar-refractivity contribution is -0.0232. The maximum absolute atomic E-state index is 12.5. The van der Waals surface area contributed by atoms with Crippen molar-refractivity contribution in [3.8, 4) is 5.75 Å². The molecular formula is C10H11F2NO3. The van der Waals surface area contributed by atoms with Gasteiger partial charge in [0.15, 0.2) is 6.61 Å². The van der Waals surface area contributed by atoms with Crippen LogP contribution in [0, 0.1) is 6.92 Å². The summed E-state index contributed by atoms with van der Waals surface area (Å²) in [6.45, 7) is 1.47. The van der Waals surface area contributed by atoms with Crippen LogP contribution in [-0.2, 0) is 0 Å². The van der Waals surface area contributed by atoms with Gasteiger partial charge in [-0.25, -0.2) is 18.6 Å². The fourth-order valence-corrected chi connectivity index (χ4v) is 1.02. The molecule has 88 valence electrons. The van der Waals surface area contributed by atoms with Crippen molar-refractivity contribution in [2.75, 3.05) is 6.61 Å². The van der Waals surface area contributed by atoms with Crippen molar-refractivity contribution in [3.63, 3.8) is 0 Å². The van der Waals surface area contributed by atoms with Gasteiger partial charge in [0.25, 0.3) is 5.92 Å². The second-order valence-electron chi connectivity index (χ2n) is 3.44. The molecule has 1 rings (SSSR count). The van der Waals surface area contributed by atoms with Gasteiger partial charge in [0.2, 0.25) is 0 Å². The number of carboxylic acids is 1. The summed E-state index contributed by atoms with van der Waals surface area (Å²) in [5.41, 5.74) is 0.122. The number of carboxylic acid groups (broad SMARTS) is 1. The van der Waals surface area contributed by atoms with Gasteiger partial charge in [-0.2, -0.15) is 0 Å². The van der Waals surface area contributed by atoms with Crippen LogP contribution in [-0.4, -0.2) is 28.6 Å². The zero-order valence-corrected chi connectivity index (χ0v) is 8.83. The Labute approximate surface area is 90.9 Å². The maximum atomic E-state index is 12.5. The van der Waals surface area contributed by atoms with Crippen molar-refractivity contribution in [1.82, 2.24) is 4.98 Å². The summed E-state index contributed by atoms with van der Waals surface area (Å²) >= 11 is 0. The normalized spacial score (nSPS) is 11.2. The number of aromatic carboxylic acids is 1. The Morgan fingerprint density at radius 2 is 2.19 bits per heavy atom. The molecule has 0 atom stereocenters. The molecule has 0 aromatic carbocycles. The van der Waals surface area contributed by atoms with Crippen molar-refractivity contribution < 1.29 is 23.4 Å². The van der Waals surface area contributed by atoms with Crippen LogP contribution in [0.5, 0.6) is 5.75 Å². The minimum Gasteiger partial charge on any atom is -0.485 e. The molecule has 0 radical (unpaired) electrons. The first-order valence-electron chi connectivity index (χ1n) is 4.51. The second-order valence-corrected chi connectivity index (χ2v) is 3.44. The van der Waals surface area contributed by atoms with E-state index < -0.39 is 18.5 Å². The van der Waals surface area contributed by atoms with Crippen LogP contribution in [0.1, 0.15) is 23.1 Å². The molecule has 0 fully saturated rings. The molecule has 4 nitrogen and oxygen atoms in total. The number of halogens is 2. The maximum Gasteiger partial charge on any atom is 0.354 e. The monoisotopic (exact) mass is 231 g/mol. The van der Waals surface area contributed by atoms with Gasteiger partial charge in [0, 0.05) is 6.92 Å².